The first-order valence-electron chi connectivity index (χ1n) is 5.96. The van der Waals surface area contributed by atoms with Gasteiger partial charge in [-0.15, -0.1) is 22.7 Å². The van der Waals surface area contributed by atoms with Crippen LogP contribution in [0.15, 0.2) is 38.2 Å². The highest BCUT2D eigenvalue weighted by atomic mass is 79.9. The van der Waals surface area contributed by atoms with Crippen LogP contribution in [-0.2, 0) is 6.42 Å². The highest BCUT2D eigenvalue weighted by molar-refractivity contribution is 9.10. The summed E-state index contributed by atoms with van der Waals surface area (Å²) in [7, 11) is 0. The van der Waals surface area contributed by atoms with Crippen LogP contribution in [0.4, 0.5) is 0 Å². The monoisotopic (exact) mass is 367 g/mol. The summed E-state index contributed by atoms with van der Waals surface area (Å²) < 4.78 is 2.29. The Bertz CT molecular complexity index is 847. The highest BCUT2D eigenvalue weighted by Gasteiger charge is 2.07. The quantitative estimate of drug-likeness (QED) is 0.662. The van der Waals surface area contributed by atoms with Crippen molar-refractivity contribution in [3.8, 4) is 0 Å². The normalized spacial score (nSPS) is 11.7. The molecule has 0 saturated carbocycles. The van der Waals surface area contributed by atoms with Crippen LogP contribution >= 0.6 is 38.6 Å². The number of aryl methyl sites for hydroxylation is 1. The van der Waals surface area contributed by atoms with Crippen molar-refractivity contribution in [3.05, 3.63) is 48.4 Å². The standard InChI is InChI=1S/C13H10BrN3OS2/c1-2-9-4-11-12(20-9)15-7-17(13(11)18)16-5-10-3-8(14)6-19-10/h3-7H,2H2,1H3/b16-5-. The molecule has 0 aromatic carbocycles. The maximum absolute atomic E-state index is 12.3. The molecule has 7 heteroatoms. The summed E-state index contributed by atoms with van der Waals surface area (Å²) in [4.78, 5) is 19.5. The number of nitrogens with zero attached hydrogens (tertiary/aromatic N) is 3. The van der Waals surface area contributed by atoms with Crippen LogP contribution in [0.3, 0.4) is 0 Å². The maximum atomic E-state index is 12.3. The van der Waals surface area contributed by atoms with E-state index in [1.165, 1.54) is 11.0 Å². The van der Waals surface area contributed by atoms with E-state index in [9.17, 15) is 4.79 Å². The van der Waals surface area contributed by atoms with E-state index in [4.69, 9.17) is 0 Å². The van der Waals surface area contributed by atoms with Gasteiger partial charge in [-0.1, -0.05) is 6.92 Å². The Morgan fingerprint density at radius 2 is 2.35 bits per heavy atom. The molecule has 3 aromatic rings. The molecule has 0 aliphatic rings. The highest BCUT2D eigenvalue weighted by Crippen LogP contribution is 2.21. The number of fused-ring (bicyclic) bond motifs is 1. The van der Waals surface area contributed by atoms with Crippen LogP contribution in [-0.4, -0.2) is 15.9 Å². The van der Waals surface area contributed by atoms with Gasteiger partial charge < -0.3 is 0 Å². The van der Waals surface area contributed by atoms with Gasteiger partial charge in [-0.3, -0.25) is 4.79 Å². The van der Waals surface area contributed by atoms with Crippen molar-refractivity contribution < 1.29 is 0 Å². The second kappa shape index (κ2) is 5.59. The Labute approximate surface area is 131 Å². The van der Waals surface area contributed by atoms with E-state index in [-0.39, 0.29) is 5.56 Å². The molecule has 0 saturated heterocycles. The number of hydrogen-bond donors (Lipinski definition) is 0. The fraction of sp³-hybridized carbons (Fsp3) is 0.154. The fourth-order valence-corrected chi connectivity index (χ4v) is 3.96. The number of aromatic nitrogens is 2. The van der Waals surface area contributed by atoms with Gasteiger partial charge in [0, 0.05) is 19.6 Å². The van der Waals surface area contributed by atoms with Crippen molar-refractivity contribution in [2.45, 2.75) is 13.3 Å². The summed E-state index contributed by atoms with van der Waals surface area (Å²) in [5, 5.41) is 6.79. The summed E-state index contributed by atoms with van der Waals surface area (Å²) in [6, 6.07) is 3.86. The SMILES string of the molecule is CCc1cc2c(=O)n(/N=C\c3cc(Br)cs3)cnc2s1. The predicted molar refractivity (Wildman–Crippen MR) is 88.3 cm³/mol. The Kier molecular flexibility index (Phi) is 3.82. The van der Waals surface area contributed by atoms with Crippen LogP contribution in [0, 0.1) is 0 Å². The summed E-state index contributed by atoms with van der Waals surface area (Å²) in [5.74, 6) is 0. The molecule has 0 spiro atoms. The smallest absolute Gasteiger partial charge is 0.267 e. The lowest BCUT2D eigenvalue weighted by Gasteiger charge is -1.95. The first kappa shape index (κ1) is 13.7. The summed E-state index contributed by atoms with van der Waals surface area (Å²) >= 11 is 6.50. The third-order valence-corrected chi connectivity index (χ3v) is 5.55. The zero-order chi connectivity index (χ0) is 14.1. The number of hydrogen-bond acceptors (Lipinski definition) is 5. The average Bonchev–Trinajstić information content (AvgIpc) is 3.04. The van der Waals surface area contributed by atoms with E-state index >= 15 is 0 Å². The molecular weight excluding hydrogens is 358 g/mol. The van der Waals surface area contributed by atoms with E-state index in [1.54, 1.807) is 28.9 Å². The molecule has 3 aromatic heterocycles. The lowest BCUT2D eigenvalue weighted by molar-refractivity contribution is 0.819. The van der Waals surface area contributed by atoms with Gasteiger partial charge in [0.25, 0.3) is 5.56 Å². The van der Waals surface area contributed by atoms with Crippen molar-refractivity contribution in [1.82, 2.24) is 9.66 Å². The van der Waals surface area contributed by atoms with Crippen LogP contribution in [0.1, 0.15) is 16.7 Å². The molecule has 102 valence electrons. The van der Waals surface area contributed by atoms with Gasteiger partial charge in [0.2, 0.25) is 0 Å². The third-order valence-electron chi connectivity index (χ3n) is 2.73. The minimum absolute atomic E-state index is 0.127. The van der Waals surface area contributed by atoms with E-state index in [2.05, 4.69) is 32.9 Å². The molecule has 3 heterocycles. The Morgan fingerprint density at radius 1 is 1.50 bits per heavy atom. The maximum Gasteiger partial charge on any atom is 0.282 e. The van der Waals surface area contributed by atoms with E-state index in [0.29, 0.717) is 5.39 Å². The molecule has 0 aliphatic heterocycles. The zero-order valence-electron chi connectivity index (χ0n) is 10.5. The van der Waals surface area contributed by atoms with Gasteiger partial charge in [0.1, 0.15) is 11.2 Å². The molecule has 4 nitrogen and oxygen atoms in total. The zero-order valence-corrected chi connectivity index (χ0v) is 13.8. The fourth-order valence-electron chi connectivity index (χ4n) is 1.73. The predicted octanol–water partition coefficient (Wildman–Crippen LogP) is 3.73. The second-order valence-corrected chi connectivity index (χ2v) is 7.06. The van der Waals surface area contributed by atoms with Crippen molar-refractivity contribution in [1.29, 1.82) is 0 Å². The largest absolute Gasteiger partial charge is 0.282 e. The van der Waals surface area contributed by atoms with E-state index in [1.807, 2.05) is 17.5 Å². The van der Waals surface area contributed by atoms with Crippen LogP contribution in [0.2, 0.25) is 0 Å². The minimum atomic E-state index is -0.127. The Balaban J connectivity index is 2.01. The lowest BCUT2D eigenvalue weighted by atomic mass is 10.3. The van der Waals surface area contributed by atoms with Crippen LogP contribution in [0.25, 0.3) is 10.2 Å². The molecule has 0 amide bonds. The second-order valence-electron chi connectivity index (χ2n) is 4.09. The Hall–Kier alpha value is -1.31. The molecule has 0 bridgehead atoms. The first-order chi connectivity index (χ1) is 9.67. The number of rotatable bonds is 3. The number of thiophene rings is 2. The molecule has 0 radical (unpaired) electrons. The van der Waals surface area contributed by atoms with Crippen molar-refractivity contribution in [2.24, 2.45) is 5.10 Å². The van der Waals surface area contributed by atoms with E-state index in [0.717, 1.165) is 25.5 Å². The molecule has 0 atom stereocenters. The molecule has 0 N–H and O–H groups in total. The van der Waals surface area contributed by atoms with Gasteiger partial charge in [0.15, 0.2) is 0 Å². The Morgan fingerprint density at radius 3 is 3.05 bits per heavy atom. The topological polar surface area (TPSA) is 47.2 Å². The van der Waals surface area contributed by atoms with Gasteiger partial charge in [-0.25, -0.2) is 4.98 Å². The third kappa shape index (κ3) is 2.61. The molecular formula is C13H10BrN3OS2. The van der Waals surface area contributed by atoms with Gasteiger partial charge in [-0.05, 0) is 34.5 Å². The van der Waals surface area contributed by atoms with E-state index < -0.39 is 0 Å². The molecule has 3 rings (SSSR count). The summed E-state index contributed by atoms with van der Waals surface area (Å²) in [6.07, 6.45) is 4.05. The van der Waals surface area contributed by atoms with Crippen LogP contribution in [0.5, 0.6) is 0 Å². The average molecular weight is 368 g/mol. The number of halogens is 1. The minimum Gasteiger partial charge on any atom is -0.267 e. The van der Waals surface area contributed by atoms with Crippen LogP contribution < -0.4 is 5.56 Å². The van der Waals surface area contributed by atoms with Crippen molar-refractivity contribution in [2.75, 3.05) is 0 Å². The molecule has 0 aliphatic carbocycles. The summed E-state index contributed by atoms with van der Waals surface area (Å²) in [6.45, 7) is 2.07. The molecule has 0 fully saturated rings. The van der Waals surface area contributed by atoms with Gasteiger partial charge in [0.05, 0.1) is 11.6 Å². The lowest BCUT2D eigenvalue weighted by Crippen LogP contribution is -2.16. The first-order valence-corrected chi connectivity index (χ1v) is 8.44. The molecule has 20 heavy (non-hydrogen) atoms. The van der Waals surface area contributed by atoms with Gasteiger partial charge in [-0.2, -0.15) is 9.78 Å². The summed E-state index contributed by atoms with van der Waals surface area (Å²) in [5.41, 5.74) is -0.127. The van der Waals surface area contributed by atoms with Crippen molar-refractivity contribution in [3.63, 3.8) is 0 Å². The molecule has 0 unspecified atom stereocenters. The van der Waals surface area contributed by atoms with Gasteiger partial charge >= 0.3 is 0 Å². The van der Waals surface area contributed by atoms with Crippen molar-refractivity contribution >= 4 is 55.0 Å².